The molecule has 2 nitrogen and oxygen atoms in total. The lowest BCUT2D eigenvalue weighted by molar-refractivity contribution is 0.583. The number of hydrogen-bond acceptors (Lipinski definition) is 3. The standard InChI is InChI=1S/C11H14N2S/c1-11(2,3)10-13-9(7-4-5-7)8(6-12)14-10/h7H,4-5H2,1-3H3. The Bertz CT molecular complexity index is 388. The van der Waals surface area contributed by atoms with Crippen LogP contribution in [0, 0.1) is 11.3 Å². The number of aromatic nitrogens is 1. The monoisotopic (exact) mass is 206 g/mol. The molecule has 0 atom stereocenters. The van der Waals surface area contributed by atoms with Crippen LogP contribution in [0.4, 0.5) is 0 Å². The predicted octanol–water partition coefficient (Wildman–Crippen LogP) is 3.19. The summed E-state index contributed by atoms with van der Waals surface area (Å²) < 4.78 is 0. The Labute approximate surface area is 88.6 Å². The minimum atomic E-state index is 0.0728. The van der Waals surface area contributed by atoms with Crippen molar-refractivity contribution in [2.45, 2.75) is 44.9 Å². The Morgan fingerprint density at radius 3 is 2.50 bits per heavy atom. The summed E-state index contributed by atoms with van der Waals surface area (Å²) in [6, 6.07) is 2.27. The van der Waals surface area contributed by atoms with Gasteiger partial charge < -0.3 is 0 Å². The molecule has 0 aromatic carbocycles. The van der Waals surface area contributed by atoms with Crippen molar-refractivity contribution in [1.82, 2.24) is 4.98 Å². The SMILES string of the molecule is CC(C)(C)c1nc(C2CC2)c(C#N)s1. The van der Waals surface area contributed by atoms with Crippen molar-refractivity contribution >= 4 is 11.3 Å². The topological polar surface area (TPSA) is 36.7 Å². The number of nitrogens with zero attached hydrogens (tertiary/aromatic N) is 2. The summed E-state index contributed by atoms with van der Waals surface area (Å²) in [5, 5.41) is 10.1. The van der Waals surface area contributed by atoms with Crippen LogP contribution in [0.3, 0.4) is 0 Å². The van der Waals surface area contributed by atoms with E-state index in [-0.39, 0.29) is 5.41 Å². The van der Waals surface area contributed by atoms with Crippen molar-refractivity contribution in [2.24, 2.45) is 0 Å². The summed E-state index contributed by atoms with van der Waals surface area (Å²) >= 11 is 1.56. The molecule has 1 heterocycles. The van der Waals surface area contributed by atoms with Gasteiger partial charge in [-0.2, -0.15) is 5.26 Å². The third-order valence-corrected chi connectivity index (χ3v) is 3.76. The second kappa shape index (κ2) is 3.06. The van der Waals surface area contributed by atoms with E-state index in [0.717, 1.165) is 15.6 Å². The van der Waals surface area contributed by atoms with Gasteiger partial charge in [-0.25, -0.2) is 4.98 Å². The first-order valence-electron chi connectivity index (χ1n) is 4.93. The quantitative estimate of drug-likeness (QED) is 0.707. The minimum Gasteiger partial charge on any atom is -0.244 e. The van der Waals surface area contributed by atoms with Crippen LogP contribution in [-0.4, -0.2) is 4.98 Å². The Balaban J connectivity index is 2.42. The maximum Gasteiger partial charge on any atom is 0.128 e. The largest absolute Gasteiger partial charge is 0.244 e. The highest BCUT2D eigenvalue weighted by atomic mass is 32.1. The van der Waals surface area contributed by atoms with E-state index in [0.29, 0.717) is 5.92 Å². The molecule has 14 heavy (non-hydrogen) atoms. The van der Waals surface area contributed by atoms with Gasteiger partial charge in [0.1, 0.15) is 10.9 Å². The van der Waals surface area contributed by atoms with Crippen LogP contribution < -0.4 is 0 Å². The van der Waals surface area contributed by atoms with Crippen LogP contribution in [0.5, 0.6) is 0 Å². The second-order valence-electron chi connectivity index (χ2n) is 4.87. The van der Waals surface area contributed by atoms with E-state index >= 15 is 0 Å². The molecule has 0 bridgehead atoms. The summed E-state index contributed by atoms with van der Waals surface area (Å²) in [5.74, 6) is 0.581. The van der Waals surface area contributed by atoms with Crippen molar-refractivity contribution < 1.29 is 0 Å². The Kier molecular flexibility index (Phi) is 2.11. The number of hydrogen-bond donors (Lipinski definition) is 0. The van der Waals surface area contributed by atoms with E-state index in [1.807, 2.05) is 0 Å². The highest BCUT2D eigenvalue weighted by Crippen LogP contribution is 2.43. The van der Waals surface area contributed by atoms with Crippen molar-refractivity contribution in [1.29, 1.82) is 5.26 Å². The van der Waals surface area contributed by atoms with Gasteiger partial charge in [-0.1, -0.05) is 20.8 Å². The van der Waals surface area contributed by atoms with Crippen LogP contribution >= 0.6 is 11.3 Å². The maximum absolute atomic E-state index is 8.99. The smallest absolute Gasteiger partial charge is 0.128 e. The van der Waals surface area contributed by atoms with Gasteiger partial charge in [0.15, 0.2) is 0 Å². The first-order chi connectivity index (χ1) is 6.52. The van der Waals surface area contributed by atoms with Crippen molar-refractivity contribution in [3.05, 3.63) is 15.6 Å². The second-order valence-corrected chi connectivity index (χ2v) is 5.87. The van der Waals surface area contributed by atoms with E-state index in [9.17, 15) is 0 Å². The molecule has 0 radical (unpaired) electrons. The van der Waals surface area contributed by atoms with Crippen LogP contribution in [0.25, 0.3) is 0 Å². The molecule has 1 saturated carbocycles. The average Bonchev–Trinajstić information content (AvgIpc) is 2.82. The lowest BCUT2D eigenvalue weighted by Gasteiger charge is -2.13. The average molecular weight is 206 g/mol. The minimum absolute atomic E-state index is 0.0728. The van der Waals surface area contributed by atoms with Gasteiger partial charge in [0.05, 0.1) is 10.7 Å². The van der Waals surface area contributed by atoms with E-state index in [4.69, 9.17) is 5.26 Å². The van der Waals surface area contributed by atoms with Crippen molar-refractivity contribution in [3.8, 4) is 6.07 Å². The molecule has 1 fully saturated rings. The van der Waals surface area contributed by atoms with Gasteiger partial charge in [-0.15, -0.1) is 11.3 Å². The molecular formula is C11H14N2S. The molecule has 3 heteroatoms. The van der Waals surface area contributed by atoms with Gasteiger partial charge in [-0.3, -0.25) is 0 Å². The highest BCUT2D eigenvalue weighted by Gasteiger charge is 2.31. The van der Waals surface area contributed by atoms with Gasteiger partial charge >= 0.3 is 0 Å². The van der Waals surface area contributed by atoms with Crippen LogP contribution in [0.2, 0.25) is 0 Å². The molecule has 74 valence electrons. The molecule has 0 N–H and O–H groups in total. The molecule has 0 unspecified atom stereocenters. The normalized spacial score (nSPS) is 16.7. The van der Waals surface area contributed by atoms with E-state index in [1.54, 1.807) is 11.3 Å². The predicted molar refractivity (Wildman–Crippen MR) is 57.5 cm³/mol. The van der Waals surface area contributed by atoms with E-state index in [2.05, 4.69) is 31.8 Å². The summed E-state index contributed by atoms with van der Waals surface area (Å²) in [4.78, 5) is 5.44. The molecule has 2 rings (SSSR count). The fourth-order valence-electron chi connectivity index (χ4n) is 1.37. The number of rotatable bonds is 1. The third-order valence-electron chi connectivity index (χ3n) is 2.36. The van der Waals surface area contributed by atoms with Crippen molar-refractivity contribution in [3.63, 3.8) is 0 Å². The first kappa shape index (κ1) is 9.67. The lowest BCUT2D eigenvalue weighted by atomic mass is 9.98. The zero-order valence-corrected chi connectivity index (χ0v) is 9.61. The lowest BCUT2D eigenvalue weighted by Crippen LogP contribution is -2.10. The number of nitriles is 1. The fourth-order valence-corrected chi connectivity index (χ4v) is 2.37. The van der Waals surface area contributed by atoms with Crippen molar-refractivity contribution in [2.75, 3.05) is 0 Å². The molecule has 1 aromatic heterocycles. The van der Waals surface area contributed by atoms with Gasteiger partial charge in [0.2, 0.25) is 0 Å². The van der Waals surface area contributed by atoms with Crippen LogP contribution in [-0.2, 0) is 5.41 Å². The Hall–Kier alpha value is -0.880. The molecule has 0 aliphatic heterocycles. The third kappa shape index (κ3) is 1.67. The summed E-state index contributed by atoms with van der Waals surface area (Å²) in [6.45, 7) is 6.43. The maximum atomic E-state index is 8.99. The molecule has 0 amide bonds. The molecule has 0 saturated heterocycles. The zero-order chi connectivity index (χ0) is 10.3. The molecule has 0 spiro atoms. The van der Waals surface area contributed by atoms with E-state index in [1.165, 1.54) is 12.8 Å². The van der Waals surface area contributed by atoms with Crippen LogP contribution in [0.15, 0.2) is 0 Å². The van der Waals surface area contributed by atoms with Crippen LogP contribution in [0.1, 0.15) is 55.1 Å². The zero-order valence-electron chi connectivity index (χ0n) is 8.79. The summed E-state index contributed by atoms with van der Waals surface area (Å²) in [5.41, 5.74) is 1.13. The van der Waals surface area contributed by atoms with Gasteiger partial charge in [0, 0.05) is 11.3 Å². The van der Waals surface area contributed by atoms with E-state index < -0.39 is 0 Å². The number of thiazole rings is 1. The summed E-state index contributed by atoms with van der Waals surface area (Å²) in [7, 11) is 0. The molecule has 1 aliphatic carbocycles. The summed E-state index contributed by atoms with van der Waals surface area (Å²) in [6.07, 6.45) is 2.42. The Morgan fingerprint density at radius 1 is 1.43 bits per heavy atom. The molecular weight excluding hydrogens is 192 g/mol. The first-order valence-corrected chi connectivity index (χ1v) is 5.75. The molecule has 1 aliphatic rings. The van der Waals surface area contributed by atoms with Gasteiger partial charge in [-0.05, 0) is 12.8 Å². The van der Waals surface area contributed by atoms with Gasteiger partial charge in [0.25, 0.3) is 0 Å². The molecule has 1 aromatic rings. The highest BCUT2D eigenvalue weighted by molar-refractivity contribution is 7.12. The Morgan fingerprint density at radius 2 is 2.07 bits per heavy atom. The fraction of sp³-hybridized carbons (Fsp3) is 0.636.